The number of rotatable bonds is 9. The smallest absolute Gasteiger partial charge is 0.245 e. The van der Waals surface area contributed by atoms with Crippen LogP contribution in [0.1, 0.15) is 36.0 Å². The Kier molecular flexibility index (Phi) is 8.41. The number of carbonyl (C=O) groups is 2. The molecule has 1 aliphatic rings. The normalized spacial score (nSPS) is 14.9. The van der Waals surface area contributed by atoms with Gasteiger partial charge in [-0.1, -0.05) is 35.9 Å². The zero-order valence-electron chi connectivity index (χ0n) is 19.2. The first-order chi connectivity index (χ1) is 16.2. The Bertz CT molecular complexity index is 1140. The minimum Gasteiger partial charge on any atom is -0.384 e. The third-order valence-corrected chi connectivity index (χ3v) is 7.15. The van der Waals surface area contributed by atoms with Crippen molar-refractivity contribution in [3.05, 3.63) is 65.2 Å². The number of benzene rings is 2. The quantitative estimate of drug-likeness (QED) is 0.312. The minimum absolute atomic E-state index is 0.0629. The van der Waals surface area contributed by atoms with Gasteiger partial charge in [0, 0.05) is 25.1 Å². The van der Waals surface area contributed by atoms with Gasteiger partial charge in [0.2, 0.25) is 21.8 Å². The van der Waals surface area contributed by atoms with E-state index in [4.69, 9.17) is 11.1 Å². The molecule has 2 aromatic rings. The Balaban J connectivity index is 1.71. The predicted octanol–water partition coefficient (Wildman–Crippen LogP) is 1.30. The van der Waals surface area contributed by atoms with Crippen LogP contribution in [0.2, 0.25) is 0 Å². The number of hydrogen-bond acceptors (Lipinski definition) is 5. The van der Waals surface area contributed by atoms with Crippen LogP contribution in [0.25, 0.3) is 0 Å². The van der Waals surface area contributed by atoms with Crippen molar-refractivity contribution in [1.82, 2.24) is 14.9 Å². The zero-order chi connectivity index (χ0) is 24.7. The number of carbonyl (C=O) groups excluding carboxylic acids is 2. The Morgan fingerprint density at radius 2 is 1.76 bits per heavy atom. The van der Waals surface area contributed by atoms with Gasteiger partial charge in [-0.25, -0.2) is 13.1 Å². The largest absolute Gasteiger partial charge is 0.384 e. The fourth-order valence-corrected chi connectivity index (χ4v) is 4.83. The third-order valence-electron chi connectivity index (χ3n) is 5.73. The summed E-state index contributed by atoms with van der Waals surface area (Å²) in [6.07, 6.45) is 3.07. The lowest BCUT2D eigenvalue weighted by Crippen LogP contribution is -2.52. The van der Waals surface area contributed by atoms with Crippen LogP contribution in [0.3, 0.4) is 0 Å². The fourth-order valence-electron chi connectivity index (χ4n) is 3.84. The van der Waals surface area contributed by atoms with Gasteiger partial charge >= 0.3 is 0 Å². The number of amidine groups is 1. The maximum atomic E-state index is 13.2. The van der Waals surface area contributed by atoms with E-state index in [1.54, 1.807) is 41.3 Å². The number of nitrogen functional groups attached to an aromatic ring is 1. The molecular weight excluding hydrogens is 454 g/mol. The van der Waals surface area contributed by atoms with E-state index in [9.17, 15) is 18.0 Å². The highest BCUT2D eigenvalue weighted by Gasteiger charge is 2.28. The molecule has 5 N–H and O–H groups in total. The highest BCUT2D eigenvalue weighted by Crippen LogP contribution is 2.14. The van der Waals surface area contributed by atoms with E-state index in [0.717, 1.165) is 30.4 Å². The number of amides is 2. The first kappa shape index (κ1) is 25.4. The number of nitrogens with zero attached hydrogens (tertiary/aromatic N) is 1. The monoisotopic (exact) mass is 485 g/mol. The second-order valence-electron chi connectivity index (χ2n) is 8.46. The molecule has 1 atom stereocenters. The third kappa shape index (κ3) is 6.88. The summed E-state index contributed by atoms with van der Waals surface area (Å²) in [4.78, 5) is 27.7. The van der Waals surface area contributed by atoms with E-state index in [2.05, 4.69) is 10.0 Å². The number of piperidine rings is 1. The minimum atomic E-state index is -3.87. The van der Waals surface area contributed by atoms with Crippen LogP contribution in [-0.4, -0.2) is 56.6 Å². The van der Waals surface area contributed by atoms with Crippen molar-refractivity contribution in [2.45, 2.75) is 43.5 Å². The molecule has 0 radical (unpaired) electrons. The van der Waals surface area contributed by atoms with Crippen molar-refractivity contribution in [3.63, 3.8) is 0 Å². The first-order valence-corrected chi connectivity index (χ1v) is 12.7. The molecular formula is C24H31N5O4S. The van der Waals surface area contributed by atoms with Crippen LogP contribution in [0.5, 0.6) is 0 Å². The van der Waals surface area contributed by atoms with Crippen molar-refractivity contribution in [3.8, 4) is 0 Å². The molecule has 1 fully saturated rings. The van der Waals surface area contributed by atoms with Gasteiger partial charge in [0.1, 0.15) is 11.9 Å². The standard InChI is InChI=1S/C24H31N5O4S/c1-17-8-10-20(11-9-17)34(32,33)27-16-22(30)28-21(24(31)29-12-3-2-4-13-29)15-18-6-5-7-19(14-18)23(25)26/h5-11,14,21,27H,2-4,12-13,15-16H2,1H3,(H3,25,26)(H,28,30)/t21-/m0/s1. The van der Waals surface area contributed by atoms with Gasteiger partial charge in [0.15, 0.2) is 0 Å². The molecule has 9 nitrogen and oxygen atoms in total. The molecule has 0 aliphatic carbocycles. The number of hydrogen-bond donors (Lipinski definition) is 4. The predicted molar refractivity (Wildman–Crippen MR) is 130 cm³/mol. The van der Waals surface area contributed by atoms with Crippen molar-refractivity contribution < 1.29 is 18.0 Å². The van der Waals surface area contributed by atoms with Gasteiger partial charge in [-0.3, -0.25) is 15.0 Å². The number of nitrogens with two attached hydrogens (primary N) is 1. The van der Waals surface area contributed by atoms with E-state index in [1.165, 1.54) is 12.1 Å². The molecule has 0 aromatic heterocycles. The summed E-state index contributed by atoms with van der Waals surface area (Å²) in [6.45, 7) is 2.60. The molecule has 0 saturated carbocycles. The van der Waals surface area contributed by atoms with E-state index < -0.39 is 28.5 Å². The summed E-state index contributed by atoms with van der Waals surface area (Å²) >= 11 is 0. The van der Waals surface area contributed by atoms with Gasteiger partial charge < -0.3 is 16.0 Å². The molecule has 0 bridgehead atoms. The molecule has 2 amide bonds. The van der Waals surface area contributed by atoms with Crippen LogP contribution in [0.4, 0.5) is 0 Å². The Morgan fingerprint density at radius 3 is 2.41 bits per heavy atom. The summed E-state index contributed by atoms with van der Waals surface area (Å²) in [5, 5.41) is 10.3. The van der Waals surface area contributed by atoms with Gasteiger partial charge in [-0.2, -0.15) is 0 Å². The number of aryl methyl sites for hydroxylation is 1. The number of likely N-dealkylation sites (tertiary alicyclic amines) is 1. The topological polar surface area (TPSA) is 145 Å². The molecule has 34 heavy (non-hydrogen) atoms. The molecule has 3 rings (SSSR count). The van der Waals surface area contributed by atoms with Gasteiger partial charge in [-0.05, 0) is 49.9 Å². The Hall–Kier alpha value is -3.24. The fraction of sp³-hybridized carbons (Fsp3) is 0.375. The molecule has 0 spiro atoms. The summed E-state index contributed by atoms with van der Waals surface area (Å²) in [6, 6.07) is 12.4. The molecule has 1 aliphatic heterocycles. The molecule has 182 valence electrons. The highest BCUT2D eigenvalue weighted by atomic mass is 32.2. The number of sulfonamides is 1. The van der Waals surface area contributed by atoms with Crippen LogP contribution in [-0.2, 0) is 26.0 Å². The van der Waals surface area contributed by atoms with Crippen LogP contribution in [0.15, 0.2) is 53.4 Å². The van der Waals surface area contributed by atoms with Gasteiger partial charge in [0.05, 0.1) is 11.4 Å². The van der Waals surface area contributed by atoms with E-state index in [1.807, 2.05) is 6.92 Å². The van der Waals surface area contributed by atoms with Gasteiger partial charge in [-0.15, -0.1) is 0 Å². The molecule has 10 heteroatoms. The summed E-state index contributed by atoms with van der Waals surface area (Å²) in [5.74, 6) is -0.897. The second kappa shape index (κ2) is 11.3. The van der Waals surface area contributed by atoms with E-state index in [-0.39, 0.29) is 23.1 Å². The molecule has 1 saturated heterocycles. The van der Waals surface area contributed by atoms with E-state index in [0.29, 0.717) is 18.7 Å². The average Bonchev–Trinajstić information content (AvgIpc) is 2.83. The molecule has 0 unspecified atom stereocenters. The summed E-state index contributed by atoms with van der Waals surface area (Å²) in [5.41, 5.74) is 7.77. The lowest BCUT2D eigenvalue weighted by atomic mass is 10.0. The zero-order valence-corrected chi connectivity index (χ0v) is 20.0. The average molecular weight is 486 g/mol. The number of nitrogens with one attached hydrogen (secondary N) is 3. The van der Waals surface area contributed by atoms with Gasteiger partial charge in [0.25, 0.3) is 0 Å². The van der Waals surface area contributed by atoms with Crippen LogP contribution in [0, 0.1) is 12.3 Å². The maximum absolute atomic E-state index is 13.2. The summed E-state index contributed by atoms with van der Waals surface area (Å²) in [7, 11) is -3.87. The Labute approximate surface area is 200 Å². The first-order valence-electron chi connectivity index (χ1n) is 11.2. The molecule has 1 heterocycles. The van der Waals surface area contributed by atoms with Crippen molar-refractivity contribution >= 4 is 27.7 Å². The van der Waals surface area contributed by atoms with E-state index >= 15 is 0 Å². The van der Waals surface area contributed by atoms with Crippen molar-refractivity contribution in [2.75, 3.05) is 19.6 Å². The van der Waals surface area contributed by atoms with Crippen molar-refractivity contribution in [1.29, 1.82) is 5.41 Å². The van der Waals surface area contributed by atoms with Crippen molar-refractivity contribution in [2.24, 2.45) is 5.73 Å². The SMILES string of the molecule is Cc1ccc(S(=O)(=O)NCC(=O)N[C@@H](Cc2cccc(C(=N)N)c2)C(=O)N2CCCCC2)cc1. The molecule has 2 aromatic carbocycles. The highest BCUT2D eigenvalue weighted by molar-refractivity contribution is 7.89. The van der Waals surface area contributed by atoms with Crippen LogP contribution >= 0.6 is 0 Å². The summed E-state index contributed by atoms with van der Waals surface area (Å²) < 4.78 is 27.3. The lowest BCUT2D eigenvalue weighted by molar-refractivity contribution is -0.137. The maximum Gasteiger partial charge on any atom is 0.245 e. The van der Waals surface area contributed by atoms with Crippen LogP contribution < -0.4 is 15.8 Å². The Morgan fingerprint density at radius 1 is 1.09 bits per heavy atom. The lowest BCUT2D eigenvalue weighted by Gasteiger charge is -2.31. The second-order valence-corrected chi connectivity index (χ2v) is 10.2.